The van der Waals surface area contributed by atoms with Crippen molar-refractivity contribution in [1.29, 1.82) is 0 Å². The highest BCUT2D eigenvalue weighted by Crippen LogP contribution is 2.33. The van der Waals surface area contributed by atoms with Crippen molar-refractivity contribution in [3.63, 3.8) is 0 Å². The summed E-state index contributed by atoms with van der Waals surface area (Å²) in [7, 11) is 4.00. The molecule has 0 radical (unpaired) electrons. The topological polar surface area (TPSA) is 45.5 Å². The number of benzene rings is 3. The normalized spacial score (nSPS) is 11.1. The van der Waals surface area contributed by atoms with Crippen LogP contribution in [0.2, 0.25) is 10.0 Å². The Morgan fingerprint density at radius 3 is 2.33 bits per heavy atom. The molecule has 0 saturated heterocycles. The minimum atomic E-state index is -0.972. The molecule has 1 N–H and O–H groups in total. The number of anilines is 1. The summed E-state index contributed by atoms with van der Waals surface area (Å²) in [4.78, 5) is 14.0. The van der Waals surface area contributed by atoms with E-state index >= 15 is 0 Å². The van der Waals surface area contributed by atoms with Crippen LogP contribution in [-0.4, -0.2) is 29.7 Å². The number of halogens is 2. The molecule has 0 bridgehead atoms. The second kappa shape index (κ2) is 8.05. The Labute approximate surface area is 184 Å². The van der Waals surface area contributed by atoms with Gasteiger partial charge in [-0.15, -0.1) is 0 Å². The fraction of sp³-hybridized carbons (Fsp3) is 0.125. The van der Waals surface area contributed by atoms with Crippen molar-refractivity contribution in [3.05, 3.63) is 88.0 Å². The van der Waals surface area contributed by atoms with Crippen LogP contribution in [0.25, 0.3) is 22.0 Å². The third-order valence-electron chi connectivity index (χ3n) is 5.18. The van der Waals surface area contributed by atoms with Crippen LogP contribution in [0.5, 0.6) is 0 Å². The Morgan fingerprint density at radius 1 is 0.967 bits per heavy atom. The lowest BCUT2D eigenvalue weighted by Crippen LogP contribution is -2.09. The van der Waals surface area contributed by atoms with Gasteiger partial charge in [0.1, 0.15) is 5.69 Å². The molecule has 0 atom stereocenters. The van der Waals surface area contributed by atoms with Gasteiger partial charge in [-0.1, -0.05) is 53.5 Å². The van der Waals surface area contributed by atoms with E-state index in [1.165, 1.54) is 0 Å². The van der Waals surface area contributed by atoms with Gasteiger partial charge in [0, 0.05) is 37.2 Å². The first-order valence-corrected chi connectivity index (χ1v) is 10.2. The van der Waals surface area contributed by atoms with Crippen molar-refractivity contribution in [2.75, 3.05) is 19.0 Å². The molecule has 4 rings (SSSR count). The molecule has 4 aromatic rings. The number of hydrogen-bond donors (Lipinski definition) is 1. The van der Waals surface area contributed by atoms with Gasteiger partial charge in [0.25, 0.3) is 0 Å². The van der Waals surface area contributed by atoms with Crippen molar-refractivity contribution in [2.24, 2.45) is 0 Å². The number of rotatable bonds is 5. The second-order valence-corrected chi connectivity index (χ2v) is 8.16. The number of aromatic nitrogens is 1. The summed E-state index contributed by atoms with van der Waals surface area (Å²) in [5, 5.41) is 11.6. The van der Waals surface area contributed by atoms with Crippen LogP contribution in [0.15, 0.2) is 66.7 Å². The largest absolute Gasteiger partial charge is 0.477 e. The lowest BCUT2D eigenvalue weighted by molar-refractivity contribution is 0.0686. The van der Waals surface area contributed by atoms with Gasteiger partial charge in [-0.05, 0) is 53.1 Å². The minimum absolute atomic E-state index is 0.230. The quantitative estimate of drug-likeness (QED) is 0.390. The molecule has 30 heavy (non-hydrogen) atoms. The number of carboxylic acid groups (broad SMARTS) is 1. The van der Waals surface area contributed by atoms with Crippen molar-refractivity contribution in [1.82, 2.24) is 4.57 Å². The molecule has 1 aromatic heterocycles. The molecular formula is C24H20Cl2N2O2. The summed E-state index contributed by atoms with van der Waals surface area (Å²) < 4.78 is 1.80. The maximum atomic E-state index is 12.0. The zero-order valence-corrected chi connectivity index (χ0v) is 18.1. The lowest BCUT2D eigenvalue weighted by Gasteiger charge is -2.13. The lowest BCUT2D eigenvalue weighted by atomic mass is 10.0. The van der Waals surface area contributed by atoms with Crippen LogP contribution in [-0.2, 0) is 6.54 Å². The highest BCUT2D eigenvalue weighted by atomic mass is 35.5. The average molecular weight is 439 g/mol. The van der Waals surface area contributed by atoms with Gasteiger partial charge in [0.05, 0.1) is 10.0 Å². The third-order valence-corrected chi connectivity index (χ3v) is 5.92. The molecule has 0 aliphatic rings. The zero-order chi connectivity index (χ0) is 21.4. The molecule has 0 spiro atoms. The summed E-state index contributed by atoms with van der Waals surface area (Å²) in [6.07, 6.45) is 0. The van der Waals surface area contributed by atoms with Gasteiger partial charge in [-0.25, -0.2) is 4.79 Å². The van der Waals surface area contributed by atoms with E-state index in [1.807, 2.05) is 43.3 Å². The van der Waals surface area contributed by atoms with E-state index in [0.717, 1.165) is 33.3 Å². The zero-order valence-electron chi connectivity index (χ0n) is 16.6. The highest BCUT2D eigenvalue weighted by Gasteiger charge is 2.18. The van der Waals surface area contributed by atoms with Crippen LogP contribution in [0.4, 0.5) is 5.69 Å². The maximum Gasteiger partial charge on any atom is 0.352 e. The molecule has 0 fully saturated rings. The summed E-state index contributed by atoms with van der Waals surface area (Å²) in [5.74, 6) is -0.972. The van der Waals surface area contributed by atoms with Crippen molar-refractivity contribution in [2.45, 2.75) is 6.54 Å². The first-order valence-electron chi connectivity index (χ1n) is 9.42. The van der Waals surface area contributed by atoms with Gasteiger partial charge in [-0.3, -0.25) is 0 Å². The van der Waals surface area contributed by atoms with Crippen LogP contribution in [0, 0.1) is 0 Å². The van der Waals surface area contributed by atoms with E-state index in [-0.39, 0.29) is 5.69 Å². The predicted octanol–water partition coefficient (Wildman–Crippen LogP) is 6.43. The summed E-state index contributed by atoms with van der Waals surface area (Å²) in [6.45, 7) is 0.380. The van der Waals surface area contributed by atoms with Crippen molar-refractivity contribution < 1.29 is 9.90 Å². The summed E-state index contributed by atoms with van der Waals surface area (Å²) >= 11 is 12.2. The molecule has 6 heteroatoms. The van der Waals surface area contributed by atoms with Crippen LogP contribution >= 0.6 is 23.2 Å². The van der Waals surface area contributed by atoms with E-state index in [2.05, 4.69) is 24.3 Å². The SMILES string of the molecule is CN(C)c1ccc(-c2cccc3c2cc(C(=O)O)n3Cc2ccc(Cl)c(Cl)c2)cc1. The van der Waals surface area contributed by atoms with Gasteiger partial charge in [0.15, 0.2) is 0 Å². The number of hydrogen-bond acceptors (Lipinski definition) is 2. The smallest absolute Gasteiger partial charge is 0.352 e. The molecule has 0 aliphatic carbocycles. The monoisotopic (exact) mass is 438 g/mol. The standard InChI is InChI=1S/C24H20Cl2N2O2/c1-27(2)17-9-7-16(8-10-17)18-4-3-5-22-19(18)13-23(24(29)30)28(22)14-15-6-11-20(25)21(26)12-15/h3-13H,14H2,1-2H3,(H,29,30). The second-order valence-electron chi connectivity index (χ2n) is 7.35. The Bertz CT molecular complexity index is 1240. The van der Waals surface area contributed by atoms with Crippen LogP contribution < -0.4 is 4.90 Å². The van der Waals surface area contributed by atoms with E-state index < -0.39 is 5.97 Å². The predicted molar refractivity (Wildman–Crippen MR) is 124 cm³/mol. The summed E-state index contributed by atoms with van der Waals surface area (Å²) in [5.41, 5.74) is 5.10. The Kier molecular flexibility index (Phi) is 5.46. The number of fused-ring (bicyclic) bond motifs is 1. The van der Waals surface area contributed by atoms with Gasteiger partial charge in [-0.2, -0.15) is 0 Å². The fourth-order valence-corrected chi connectivity index (χ4v) is 3.96. The van der Waals surface area contributed by atoms with Crippen LogP contribution in [0.1, 0.15) is 16.1 Å². The molecule has 1 heterocycles. The van der Waals surface area contributed by atoms with E-state index in [0.29, 0.717) is 16.6 Å². The molecule has 152 valence electrons. The highest BCUT2D eigenvalue weighted by molar-refractivity contribution is 6.42. The average Bonchev–Trinajstić information content (AvgIpc) is 3.10. The van der Waals surface area contributed by atoms with Gasteiger partial charge in [0.2, 0.25) is 0 Å². The molecule has 0 saturated carbocycles. The number of carboxylic acids is 1. The molecule has 0 unspecified atom stereocenters. The van der Waals surface area contributed by atoms with Crippen LogP contribution in [0.3, 0.4) is 0 Å². The number of aromatic carboxylic acids is 1. The van der Waals surface area contributed by atoms with E-state index in [4.69, 9.17) is 23.2 Å². The first-order chi connectivity index (χ1) is 14.3. The molecule has 0 aliphatic heterocycles. The molecule has 4 nitrogen and oxygen atoms in total. The molecule has 0 amide bonds. The minimum Gasteiger partial charge on any atom is -0.477 e. The Hall–Kier alpha value is -2.95. The van der Waals surface area contributed by atoms with E-state index in [1.54, 1.807) is 22.8 Å². The molecule has 3 aromatic carbocycles. The maximum absolute atomic E-state index is 12.0. The first kappa shape index (κ1) is 20.3. The van der Waals surface area contributed by atoms with Crippen molar-refractivity contribution in [3.8, 4) is 11.1 Å². The van der Waals surface area contributed by atoms with E-state index in [9.17, 15) is 9.90 Å². The number of nitrogens with zero attached hydrogens (tertiary/aromatic N) is 2. The summed E-state index contributed by atoms with van der Waals surface area (Å²) in [6, 6.07) is 21.2. The third kappa shape index (κ3) is 3.76. The molecular weight excluding hydrogens is 419 g/mol. The van der Waals surface area contributed by atoms with Gasteiger partial charge < -0.3 is 14.6 Å². The van der Waals surface area contributed by atoms with Crippen molar-refractivity contribution >= 4 is 45.8 Å². The Morgan fingerprint density at radius 2 is 1.70 bits per heavy atom. The Balaban J connectivity index is 1.85. The van der Waals surface area contributed by atoms with Gasteiger partial charge >= 0.3 is 5.97 Å². The number of carbonyl (C=O) groups is 1. The fourth-order valence-electron chi connectivity index (χ4n) is 3.64.